The Morgan fingerprint density at radius 3 is 2.12 bits per heavy atom. The molecule has 0 spiro atoms. The van der Waals surface area contributed by atoms with Crippen molar-refractivity contribution in [2.45, 2.75) is 26.5 Å². The molecule has 0 aliphatic rings. The third-order valence-electron chi connectivity index (χ3n) is 3.96. The Bertz CT molecular complexity index is 648. The van der Waals surface area contributed by atoms with Crippen molar-refractivity contribution >= 4 is 5.91 Å². The van der Waals surface area contributed by atoms with Crippen molar-refractivity contribution in [3.63, 3.8) is 0 Å². The molecule has 4 nitrogen and oxygen atoms in total. The standard InChI is InChI=1S/C20H25NO3/c1-14(2)19(16-9-11-18(24-4)12-10-16)21-20(22)17-7-5-15(6-8-17)13-23-3/h5-12,14,19H,13H2,1-4H3,(H,21,22). The molecule has 0 radical (unpaired) electrons. The van der Waals surface area contributed by atoms with Gasteiger partial charge in [0.1, 0.15) is 5.75 Å². The summed E-state index contributed by atoms with van der Waals surface area (Å²) in [6.45, 7) is 4.73. The van der Waals surface area contributed by atoms with Gasteiger partial charge in [-0.3, -0.25) is 4.79 Å². The normalized spacial score (nSPS) is 12.0. The maximum atomic E-state index is 12.6. The Morgan fingerprint density at radius 1 is 1.00 bits per heavy atom. The highest BCUT2D eigenvalue weighted by Gasteiger charge is 2.19. The lowest BCUT2D eigenvalue weighted by atomic mass is 9.95. The quantitative estimate of drug-likeness (QED) is 0.837. The summed E-state index contributed by atoms with van der Waals surface area (Å²) < 4.78 is 10.3. The van der Waals surface area contributed by atoms with Gasteiger partial charge in [-0.25, -0.2) is 0 Å². The Hall–Kier alpha value is -2.33. The molecule has 24 heavy (non-hydrogen) atoms. The number of rotatable bonds is 7. The zero-order chi connectivity index (χ0) is 17.5. The van der Waals surface area contributed by atoms with Crippen LogP contribution in [0.5, 0.6) is 5.75 Å². The maximum absolute atomic E-state index is 12.6. The third kappa shape index (κ3) is 4.59. The van der Waals surface area contributed by atoms with Gasteiger partial charge >= 0.3 is 0 Å². The number of hydrogen-bond acceptors (Lipinski definition) is 3. The van der Waals surface area contributed by atoms with Gasteiger partial charge in [0.2, 0.25) is 0 Å². The van der Waals surface area contributed by atoms with Crippen LogP contribution in [-0.4, -0.2) is 20.1 Å². The first-order valence-corrected chi connectivity index (χ1v) is 8.08. The SMILES string of the molecule is COCc1ccc(C(=O)NC(c2ccc(OC)cc2)C(C)C)cc1. The highest BCUT2D eigenvalue weighted by Crippen LogP contribution is 2.24. The summed E-state index contributed by atoms with van der Waals surface area (Å²) in [6, 6.07) is 15.2. The van der Waals surface area contributed by atoms with Gasteiger partial charge in [0.15, 0.2) is 0 Å². The number of nitrogens with one attached hydrogen (secondary N) is 1. The first kappa shape index (κ1) is 18.0. The molecule has 0 aliphatic heterocycles. The number of carbonyl (C=O) groups is 1. The largest absolute Gasteiger partial charge is 0.497 e. The zero-order valence-corrected chi connectivity index (χ0v) is 14.7. The lowest BCUT2D eigenvalue weighted by Crippen LogP contribution is -2.31. The van der Waals surface area contributed by atoms with Crippen molar-refractivity contribution in [2.24, 2.45) is 5.92 Å². The van der Waals surface area contributed by atoms with Crippen LogP contribution in [0.4, 0.5) is 0 Å². The molecule has 1 amide bonds. The van der Waals surface area contributed by atoms with Crippen LogP contribution in [0.2, 0.25) is 0 Å². The Balaban J connectivity index is 2.12. The van der Waals surface area contributed by atoms with Crippen LogP contribution in [0.15, 0.2) is 48.5 Å². The maximum Gasteiger partial charge on any atom is 0.251 e. The van der Waals surface area contributed by atoms with Crippen molar-refractivity contribution in [3.05, 3.63) is 65.2 Å². The molecule has 2 rings (SSSR count). The minimum Gasteiger partial charge on any atom is -0.497 e. The number of ether oxygens (including phenoxy) is 2. The van der Waals surface area contributed by atoms with Crippen LogP contribution < -0.4 is 10.1 Å². The molecule has 2 aromatic rings. The van der Waals surface area contributed by atoms with Crippen LogP contribution >= 0.6 is 0 Å². The molecule has 0 aliphatic carbocycles. The van der Waals surface area contributed by atoms with Crippen molar-refractivity contribution < 1.29 is 14.3 Å². The summed E-state index contributed by atoms with van der Waals surface area (Å²) in [5.41, 5.74) is 2.76. The monoisotopic (exact) mass is 327 g/mol. The van der Waals surface area contributed by atoms with Crippen molar-refractivity contribution in [3.8, 4) is 5.75 Å². The number of methoxy groups -OCH3 is 2. The Morgan fingerprint density at radius 2 is 1.62 bits per heavy atom. The van der Waals surface area contributed by atoms with Gasteiger partial charge in [0.05, 0.1) is 19.8 Å². The molecule has 0 fully saturated rings. The average Bonchev–Trinajstić information content (AvgIpc) is 2.60. The number of hydrogen-bond donors (Lipinski definition) is 1. The van der Waals surface area contributed by atoms with Gasteiger partial charge in [0, 0.05) is 12.7 Å². The minimum atomic E-state index is -0.0755. The van der Waals surface area contributed by atoms with Crippen molar-refractivity contribution in [1.29, 1.82) is 0 Å². The van der Waals surface area contributed by atoms with E-state index in [2.05, 4.69) is 19.2 Å². The van der Waals surface area contributed by atoms with Gasteiger partial charge in [0.25, 0.3) is 5.91 Å². The van der Waals surface area contributed by atoms with E-state index >= 15 is 0 Å². The van der Waals surface area contributed by atoms with E-state index < -0.39 is 0 Å². The van der Waals surface area contributed by atoms with Gasteiger partial charge in [-0.1, -0.05) is 38.1 Å². The first-order valence-electron chi connectivity index (χ1n) is 8.08. The fourth-order valence-corrected chi connectivity index (χ4v) is 2.59. The molecule has 4 heteroatoms. The zero-order valence-electron chi connectivity index (χ0n) is 14.7. The van der Waals surface area contributed by atoms with Crippen LogP contribution in [-0.2, 0) is 11.3 Å². The van der Waals surface area contributed by atoms with Crippen LogP contribution in [0, 0.1) is 5.92 Å². The molecule has 0 aromatic heterocycles. The fourth-order valence-electron chi connectivity index (χ4n) is 2.59. The first-order chi connectivity index (χ1) is 11.5. The molecule has 0 bridgehead atoms. The summed E-state index contributed by atoms with van der Waals surface area (Å²) in [5, 5.41) is 3.13. The highest BCUT2D eigenvalue weighted by atomic mass is 16.5. The van der Waals surface area contributed by atoms with E-state index in [1.165, 1.54) is 0 Å². The predicted molar refractivity (Wildman–Crippen MR) is 95.2 cm³/mol. The summed E-state index contributed by atoms with van der Waals surface area (Å²) in [6.07, 6.45) is 0. The van der Waals surface area contributed by atoms with Gasteiger partial charge < -0.3 is 14.8 Å². The Kier molecular flexibility index (Phi) is 6.38. The Labute approximate surface area is 143 Å². The molecule has 0 heterocycles. The molecule has 128 valence electrons. The number of carbonyl (C=O) groups excluding carboxylic acids is 1. The molecule has 1 unspecified atom stereocenters. The van der Waals surface area contributed by atoms with Gasteiger partial charge in [-0.2, -0.15) is 0 Å². The smallest absolute Gasteiger partial charge is 0.251 e. The van der Waals surface area contributed by atoms with E-state index in [-0.39, 0.29) is 17.9 Å². The topological polar surface area (TPSA) is 47.6 Å². The molecule has 2 aromatic carbocycles. The van der Waals surface area contributed by atoms with Crippen LogP contribution in [0.25, 0.3) is 0 Å². The van der Waals surface area contributed by atoms with E-state index in [4.69, 9.17) is 9.47 Å². The average molecular weight is 327 g/mol. The lowest BCUT2D eigenvalue weighted by Gasteiger charge is -2.23. The van der Waals surface area contributed by atoms with E-state index in [0.717, 1.165) is 16.9 Å². The molecule has 1 N–H and O–H groups in total. The predicted octanol–water partition coefficient (Wildman–Crippen LogP) is 3.97. The van der Waals surface area contributed by atoms with E-state index in [1.54, 1.807) is 14.2 Å². The van der Waals surface area contributed by atoms with Gasteiger partial charge in [-0.05, 0) is 41.3 Å². The van der Waals surface area contributed by atoms with E-state index in [0.29, 0.717) is 12.2 Å². The van der Waals surface area contributed by atoms with Gasteiger partial charge in [-0.15, -0.1) is 0 Å². The number of benzene rings is 2. The molecule has 0 saturated carbocycles. The summed E-state index contributed by atoms with van der Waals surface area (Å²) in [5.74, 6) is 1.00. The lowest BCUT2D eigenvalue weighted by molar-refractivity contribution is 0.0925. The van der Waals surface area contributed by atoms with Crippen molar-refractivity contribution in [2.75, 3.05) is 14.2 Å². The van der Waals surface area contributed by atoms with E-state index in [1.807, 2.05) is 48.5 Å². The second-order valence-corrected chi connectivity index (χ2v) is 6.10. The second-order valence-electron chi connectivity index (χ2n) is 6.10. The third-order valence-corrected chi connectivity index (χ3v) is 3.96. The fraction of sp³-hybridized carbons (Fsp3) is 0.350. The van der Waals surface area contributed by atoms with E-state index in [9.17, 15) is 4.79 Å². The minimum absolute atomic E-state index is 0.0537. The highest BCUT2D eigenvalue weighted by molar-refractivity contribution is 5.94. The summed E-state index contributed by atoms with van der Waals surface area (Å²) in [7, 11) is 3.30. The summed E-state index contributed by atoms with van der Waals surface area (Å²) >= 11 is 0. The van der Waals surface area contributed by atoms with Crippen LogP contribution in [0.1, 0.15) is 41.4 Å². The molecular weight excluding hydrogens is 302 g/mol. The van der Waals surface area contributed by atoms with Crippen molar-refractivity contribution in [1.82, 2.24) is 5.32 Å². The van der Waals surface area contributed by atoms with Crippen LogP contribution in [0.3, 0.4) is 0 Å². The molecular formula is C20H25NO3. The number of amides is 1. The molecule has 1 atom stereocenters. The molecule has 0 saturated heterocycles. The second kappa shape index (κ2) is 8.50. The summed E-state index contributed by atoms with van der Waals surface area (Å²) in [4.78, 5) is 12.6.